The minimum atomic E-state index is 1.18. The number of hydrogen-bond acceptors (Lipinski definition) is 0. The van der Waals surface area contributed by atoms with Crippen molar-refractivity contribution in [2.45, 2.75) is 39.0 Å². The summed E-state index contributed by atoms with van der Waals surface area (Å²) in [6.07, 6.45) is 6.06. The maximum absolute atomic E-state index is 2.29. The molecule has 0 unspecified atom stereocenters. The van der Waals surface area contributed by atoms with Crippen molar-refractivity contribution in [1.29, 1.82) is 0 Å². The summed E-state index contributed by atoms with van der Waals surface area (Å²) in [4.78, 5) is 0. The Morgan fingerprint density at radius 1 is 0.667 bits per heavy atom. The standard InChI is InChI=1S/C18H22/c1-2-9-17-13-6-7-14-18(17)15-8-12-16-10-4-3-5-11-16/h3-7,10-11,13-14H,2,8-9,12,15H2,1H3. The van der Waals surface area contributed by atoms with Gasteiger partial charge >= 0.3 is 0 Å². The molecule has 2 rings (SSSR count). The van der Waals surface area contributed by atoms with Gasteiger partial charge in [-0.2, -0.15) is 0 Å². The first-order valence-electron chi connectivity index (χ1n) is 7.01. The van der Waals surface area contributed by atoms with Gasteiger partial charge in [0, 0.05) is 0 Å². The molecular formula is C18H22. The van der Waals surface area contributed by atoms with E-state index in [1.54, 1.807) is 0 Å². The predicted octanol–water partition coefficient (Wildman–Crippen LogP) is 4.81. The van der Waals surface area contributed by atoms with Gasteiger partial charge in [0.2, 0.25) is 0 Å². The predicted molar refractivity (Wildman–Crippen MR) is 78.9 cm³/mol. The van der Waals surface area contributed by atoms with Crippen LogP contribution >= 0.6 is 0 Å². The van der Waals surface area contributed by atoms with E-state index in [9.17, 15) is 0 Å². The fourth-order valence-electron chi connectivity index (χ4n) is 2.44. The minimum absolute atomic E-state index is 1.18. The van der Waals surface area contributed by atoms with Crippen LogP contribution in [0.3, 0.4) is 0 Å². The molecule has 0 amide bonds. The Hall–Kier alpha value is -1.56. The molecule has 2 aromatic rings. The number of rotatable bonds is 6. The zero-order valence-electron chi connectivity index (χ0n) is 11.2. The Bertz CT molecular complexity index is 456. The van der Waals surface area contributed by atoms with E-state index < -0.39 is 0 Å². The maximum atomic E-state index is 2.29. The van der Waals surface area contributed by atoms with E-state index in [2.05, 4.69) is 61.5 Å². The zero-order chi connectivity index (χ0) is 12.6. The summed E-state index contributed by atoms with van der Waals surface area (Å²) in [6.45, 7) is 2.25. The molecule has 0 heterocycles. The van der Waals surface area contributed by atoms with E-state index in [0.717, 1.165) is 0 Å². The second-order valence-electron chi connectivity index (χ2n) is 4.86. The highest BCUT2D eigenvalue weighted by Gasteiger charge is 2.01. The normalized spacial score (nSPS) is 10.5. The molecular weight excluding hydrogens is 216 g/mol. The van der Waals surface area contributed by atoms with Crippen LogP contribution in [0.25, 0.3) is 0 Å². The molecule has 0 aliphatic heterocycles. The van der Waals surface area contributed by atoms with E-state index in [-0.39, 0.29) is 0 Å². The Labute approximate surface area is 111 Å². The molecule has 0 N–H and O–H groups in total. The lowest BCUT2D eigenvalue weighted by Gasteiger charge is -2.08. The van der Waals surface area contributed by atoms with Crippen molar-refractivity contribution in [3.8, 4) is 0 Å². The van der Waals surface area contributed by atoms with E-state index in [0.29, 0.717) is 0 Å². The molecule has 0 atom stereocenters. The Morgan fingerprint density at radius 3 is 1.94 bits per heavy atom. The maximum Gasteiger partial charge on any atom is -0.0273 e. The monoisotopic (exact) mass is 238 g/mol. The molecule has 0 aromatic heterocycles. The van der Waals surface area contributed by atoms with Gasteiger partial charge in [0.05, 0.1) is 0 Å². The third-order valence-corrected chi connectivity index (χ3v) is 3.39. The van der Waals surface area contributed by atoms with Gasteiger partial charge in [-0.05, 0) is 42.4 Å². The van der Waals surface area contributed by atoms with Crippen LogP contribution in [0.1, 0.15) is 36.5 Å². The highest BCUT2D eigenvalue weighted by Crippen LogP contribution is 2.14. The summed E-state index contributed by atoms with van der Waals surface area (Å²) in [6, 6.07) is 19.7. The first-order valence-corrected chi connectivity index (χ1v) is 7.01. The Morgan fingerprint density at radius 2 is 1.28 bits per heavy atom. The summed E-state index contributed by atoms with van der Waals surface area (Å²) in [7, 11) is 0. The van der Waals surface area contributed by atoms with Gasteiger partial charge in [-0.3, -0.25) is 0 Å². The van der Waals surface area contributed by atoms with Crippen LogP contribution < -0.4 is 0 Å². The second-order valence-corrected chi connectivity index (χ2v) is 4.86. The lowest BCUT2D eigenvalue weighted by molar-refractivity contribution is 0.801. The van der Waals surface area contributed by atoms with Gasteiger partial charge in [0.1, 0.15) is 0 Å². The fourth-order valence-corrected chi connectivity index (χ4v) is 2.44. The highest BCUT2D eigenvalue weighted by molar-refractivity contribution is 5.27. The second kappa shape index (κ2) is 7.00. The molecule has 0 saturated heterocycles. The molecule has 0 heteroatoms. The molecule has 2 aromatic carbocycles. The quantitative estimate of drug-likeness (QED) is 0.677. The first kappa shape index (κ1) is 12.9. The average molecular weight is 238 g/mol. The molecule has 0 nitrogen and oxygen atoms in total. The summed E-state index contributed by atoms with van der Waals surface area (Å²) in [5, 5.41) is 0. The van der Waals surface area contributed by atoms with Crippen LogP contribution in [-0.2, 0) is 19.3 Å². The van der Waals surface area contributed by atoms with Gasteiger partial charge in [-0.25, -0.2) is 0 Å². The van der Waals surface area contributed by atoms with Gasteiger partial charge < -0.3 is 0 Å². The molecule has 0 aliphatic rings. The molecule has 0 spiro atoms. The summed E-state index contributed by atoms with van der Waals surface area (Å²) in [5.74, 6) is 0. The van der Waals surface area contributed by atoms with Gasteiger partial charge in [0.15, 0.2) is 0 Å². The lowest BCUT2D eigenvalue weighted by atomic mass is 9.97. The largest absolute Gasteiger partial charge is 0.0651 e. The van der Waals surface area contributed by atoms with E-state index >= 15 is 0 Å². The molecule has 0 radical (unpaired) electrons. The van der Waals surface area contributed by atoms with Crippen LogP contribution in [0, 0.1) is 0 Å². The van der Waals surface area contributed by atoms with Crippen molar-refractivity contribution in [2.75, 3.05) is 0 Å². The molecule has 18 heavy (non-hydrogen) atoms. The molecule has 0 aliphatic carbocycles. The number of benzene rings is 2. The zero-order valence-corrected chi connectivity index (χ0v) is 11.2. The Kier molecular flexibility index (Phi) is 5.01. The van der Waals surface area contributed by atoms with Crippen LogP contribution in [-0.4, -0.2) is 0 Å². The summed E-state index contributed by atoms with van der Waals surface area (Å²) >= 11 is 0. The molecule has 0 fully saturated rings. The summed E-state index contributed by atoms with van der Waals surface area (Å²) in [5.41, 5.74) is 4.52. The summed E-state index contributed by atoms with van der Waals surface area (Å²) < 4.78 is 0. The smallest absolute Gasteiger partial charge is 0.0273 e. The average Bonchev–Trinajstić information content (AvgIpc) is 2.42. The number of aryl methyl sites for hydroxylation is 3. The van der Waals surface area contributed by atoms with E-state index in [1.165, 1.54) is 48.8 Å². The van der Waals surface area contributed by atoms with Crippen LogP contribution in [0.5, 0.6) is 0 Å². The van der Waals surface area contributed by atoms with Crippen LogP contribution in [0.15, 0.2) is 54.6 Å². The fraction of sp³-hybridized carbons (Fsp3) is 0.333. The highest BCUT2D eigenvalue weighted by atomic mass is 14.1. The van der Waals surface area contributed by atoms with E-state index in [4.69, 9.17) is 0 Å². The van der Waals surface area contributed by atoms with Gasteiger partial charge in [-0.1, -0.05) is 67.9 Å². The van der Waals surface area contributed by atoms with Crippen molar-refractivity contribution in [1.82, 2.24) is 0 Å². The molecule has 0 bridgehead atoms. The van der Waals surface area contributed by atoms with E-state index in [1.807, 2.05) is 0 Å². The minimum Gasteiger partial charge on any atom is -0.0651 e. The third-order valence-electron chi connectivity index (χ3n) is 3.39. The van der Waals surface area contributed by atoms with Crippen LogP contribution in [0.4, 0.5) is 0 Å². The van der Waals surface area contributed by atoms with Gasteiger partial charge in [-0.15, -0.1) is 0 Å². The third kappa shape index (κ3) is 3.73. The SMILES string of the molecule is CCCc1ccccc1CCCc1ccccc1. The van der Waals surface area contributed by atoms with Crippen molar-refractivity contribution < 1.29 is 0 Å². The molecule has 0 saturated carbocycles. The molecule has 94 valence electrons. The topological polar surface area (TPSA) is 0 Å². The Balaban J connectivity index is 1.90. The number of hydrogen-bond donors (Lipinski definition) is 0. The van der Waals surface area contributed by atoms with Crippen molar-refractivity contribution >= 4 is 0 Å². The van der Waals surface area contributed by atoms with Crippen molar-refractivity contribution in [3.05, 3.63) is 71.3 Å². The van der Waals surface area contributed by atoms with Crippen LogP contribution in [0.2, 0.25) is 0 Å². The van der Waals surface area contributed by atoms with Crippen molar-refractivity contribution in [3.63, 3.8) is 0 Å². The van der Waals surface area contributed by atoms with Gasteiger partial charge in [0.25, 0.3) is 0 Å². The lowest BCUT2D eigenvalue weighted by Crippen LogP contribution is -1.95. The van der Waals surface area contributed by atoms with Crippen molar-refractivity contribution in [2.24, 2.45) is 0 Å². The first-order chi connectivity index (χ1) is 8.90.